The normalized spacial score (nSPS) is 19.4. The van der Waals surface area contributed by atoms with Crippen molar-refractivity contribution < 1.29 is 13.2 Å². The van der Waals surface area contributed by atoms with Gasteiger partial charge in [0.05, 0.1) is 11.0 Å². The molecule has 1 aromatic rings. The Morgan fingerprint density at radius 1 is 1.36 bits per heavy atom. The Hall–Kier alpha value is -1.91. The van der Waals surface area contributed by atoms with E-state index in [1.807, 2.05) is 6.92 Å². The van der Waals surface area contributed by atoms with Crippen LogP contribution in [0.1, 0.15) is 32.6 Å². The van der Waals surface area contributed by atoms with Crippen LogP contribution in [0.15, 0.2) is 29.2 Å². The number of benzene rings is 1. The van der Waals surface area contributed by atoms with Gasteiger partial charge in [0.1, 0.15) is 6.42 Å². The van der Waals surface area contributed by atoms with Gasteiger partial charge >= 0.3 is 0 Å². The molecule has 0 aliphatic carbocycles. The summed E-state index contributed by atoms with van der Waals surface area (Å²) in [5, 5.41) is 11.0. The van der Waals surface area contributed by atoms with E-state index in [0.29, 0.717) is 12.2 Å². The molecule has 1 aliphatic heterocycles. The van der Waals surface area contributed by atoms with Crippen molar-refractivity contribution >= 4 is 21.6 Å². The van der Waals surface area contributed by atoms with Crippen LogP contribution in [-0.4, -0.2) is 31.2 Å². The molecule has 1 aromatic carbocycles. The number of rotatable bonds is 4. The maximum Gasteiger partial charge on any atom is 0.243 e. The first-order chi connectivity index (χ1) is 10.4. The van der Waals surface area contributed by atoms with Crippen LogP contribution in [0.25, 0.3) is 0 Å². The van der Waals surface area contributed by atoms with Gasteiger partial charge in [-0.3, -0.25) is 4.79 Å². The maximum absolute atomic E-state index is 12.6. The van der Waals surface area contributed by atoms with Crippen molar-refractivity contribution in [3.8, 4) is 6.07 Å². The third kappa shape index (κ3) is 3.64. The summed E-state index contributed by atoms with van der Waals surface area (Å²) in [4.78, 5) is 11.5. The van der Waals surface area contributed by atoms with Gasteiger partial charge in [0.15, 0.2) is 0 Å². The van der Waals surface area contributed by atoms with Crippen LogP contribution < -0.4 is 5.32 Å². The molecule has 0 radical (unpaired) electrons. The van der Waals surface area contributed by atoms with Gasteiger partial charge in [-0.25, -0.2) is 8.42 Å². The number of sulfonamides is 1. The summed E-state index contributed by atoms with van der Waals surface area (Å²) in [7, 11) is -3.50. The first kappa shape index (κ1) is 16.5. The minimum atomic E-state index is -3.50. The Morgan fingerprint density at radius 3 is 2.64 bits per heavy atom. The molecule has 6 nitrogen and oxygen atoms in total. The topological polar surface area (TPSA) is 90.3 Å². The first-order valence-electron chi connectivity index (χ1n) is 7.24. The zero-order valence-corrected chi connectivity index (χ0v) is 13.3. The Balaban J connectivity index is 2.15. The van der Waals surface area contributed by atoms with Crippen molar-refractivity contribution in [2.24, 2.45) is 0 Å². The highest BCUT2D eigenvalue weighted by molar-refractivity contribution is 7.89. The van der Waals surface area contributed by atoms with Crippen LogP contribution in [0.2, 0.25) is 0 Å². The highest BCUT2D eigenvalue weighted by atomic mass is 32.2. The molecule has 1 heterocycles. The van der Waals surface area contributed by atoms with Crippen molar-refractivity contribution in [2.45, 2.75) is 43.5 Å². The number of hydrogen-bond acceptors (Lipinski definition) is 4. The van der Waals surface area contributed by atoms with E-state index < -0.39 is 15.9 Å². The molecule has 0 spiro atoms. The van der Waals surface area contributed by atoms with E-state index in [2.05, 4.69) is 5.32 Å². The summed E-state index contributed by atoms with van der Waals surface area (Å²) >= 11 is 0. The summed E-state index contributed by atoms with van der Waals surface area (Å²) in [6.45, 7) is 2.47. The Kier molecular flexibility index (Phi) is 5.16. The van der Waals surface area contributed by atoms with Crippen LogP contribution in [0.4, 0.5) is 5.69 Å². The molecular weight excluding hydrogens is 302 g/mol. The number of carbonyl (C=O) groups is 1. The largest absolute Gasteiger partial charge is 0.325 e. The molecular formula is C15H19N3O3S. The summed E-state index contributed by atoms with van der Waals surface area (Å²) in [5.41, 5.74) is 0.478. The smallest absolute Gasteiger partial charge is 0.243 e. The number of piperidine rings is 1. The molecule has 1 amide bonds. The number of nitrogens with one attached hydrogen (secondary N) is 1. The van der Waals surface area contributed by atoms with Crippen molar-refractivity contribution in [3.63, 3.8) is 0 Å². The molecule has 0 saturated carbocycles. The predicted octanol–water partition coefficient (Wildman–Crippen LogP) is 2.10. The van der Waals surface area contributed by atoms with Crippen LogP contribution in [-0.2, 0) is 14.8 Å². The van der Waals surface area contributed by atoms with E-state index in [1.165, 1.54) is 24.3 Å². The maximum atomic E-state index is 12.6. The number of nitrogens with zero attached hydrogens (tertiary/aromatic N) is 2. The van der Waals surface area contributed by atoms with Crippen LogP contribution in [0, 0.1) is 11.3 Å². The van der Waals surface area contributed by atoms with Crippen LogP contribution in [0.5, 0.6) is 0 Å². The number of amides is 1. The second kappa shape index (κ2) is 6.90. The quantitative estimate of drug-likeness (QED) is 0.919. The number of hydrogen-bond donors (Lipinski definition) is 1. The molecule has 1 saturated heterocycles. The van der Waals surface area contributed by atoms with Gasteiger partial charge in [-0.15, -0.1) is 0 Å². The Labute approximate surface area is 130 Å². The molecule has 22 heavy (non-hydrogen) atoms. The minimum absolute atomic E-state index is 0.00811. The van der Waals surface area contributed by atoms with Gasteiger partial charge < -0.3 is 5.32 Å². The third-order valence-corrected chi connectivity index (χ3v) is 5.75. The predicted molar refractivity (Wildman–Crippen MR) is 82.5 cm³/mol. The fourth-order valence-electron chi connectivity index (χ4n) is 2.55. The lowest BCUT2D eigenvalue weighted by Crippen LogP contribution is -2.41. The highest BCUT2D eigenvalue weighted by Gasteiger charge is 2.30. The summed E-state index contributed by atoms with van der Waals surface area (Å²) in [6, 6.07) is 7.81. The molecule has 1 fully saturated rings. The van der Waals surface area contributed by atoms with E-state index >= 15 is 0 Å². The van der Waals surface area contributed by atoms with E-state index in [0.717, 1.165) is 19.3 Å². The van der Waals surface area contributed by atoms with E-state index in [9.17, 15) is 13.2 Å². The van der Waals surface area contributed by atoms with Gasteiger partial charge in [-0.1, -0.05) is 6.42 Å². The van der Waals surface area contributed by atoms with Gasteiger partial charge in [0.25, 0.3) is 0 Å². The van der Waals surface area contributed by atoms with E-state index in [4.69, 9.17) is 5.26 Å². The summed E-state index contributed by atoms with van der Waals surface area (Å²) < 4.78 is 26.8. The minimum Gasteiger partial charge on any atom is -0.325 e. The SMILES string of the molecule is CC1CCCCN1S(=O)(=O)c1ccc(NC(=O)CC#N)cc1. The highest BCUT2D eigenvalue weighted by Crippen LogP contribution is 2.25. The van der Waals surface area contributed by atoms with Crippen molar-refractivity contribution in [2.75, 3.05) is 11.9 Å². The van der Waals surface area contributed by atoms with Crippen LogP contribution in [0.3, 0.4) is 0 Å². The standard InChI is InChI=1S/C15H19N3O3S/c1-12-4-2-3-11-18(12)22(20,21)14-7-5-13(6-8-14)17-15(19)9-10-16/h5-8,12H,2-4,9,11H2,1H3,(H,17,19). The van der Waals surface area contributed by atoms with Gasteiger partial charge in [0.2, 0.25) is 15.9 Å². The molecule has 2 rings (SSSR count). The van der Waals surface area contributed by atoms with Gasteiger partial charge in [-0.05, 0) is 44.0 Å². The van der Waals surface area contributed by atoms with Gasteiger partial charge in [0, 0.05) is 18.3 Å². The Bertz CT molecular complexity index is 677. The van der Waals surface area contributed by atoms with E-state index in [1.54, 1.807) is 10.4 Å². The fourth-order valence-corrected chi connectivity index (χ4v) is 4.25. The molecule has 0 aromatic heterocycles. The molecule has 1 atom stereocenters. The van der Waals surface area contributed by atoms with Gasteiger partial charge in [-0.2, -0.15) is 9.57 Å². The lowest BCUT2D eigenvalue weighted by Gasteiger charge is -2.32. The Morgan fingerprint density at radius 2 is 2.05 bits per heavy atom. The molecule has 118 valence electrons. The zero-order chi connectivity index (χ0) is 16.2. The summed E-state index contributed by atoms with van der Waals surface area (Å²) in [6.07, 6.45) is 2.58. The number of carbonyl (C=O) groups excluding carboxylic acids is 1. The van der Waals surface area contributed by atoms with Crippen molar-refractivity contribution in [1.82, 2.24) is 4.31 Å². The third-order valence-electron chi connectivity index (χ3n) is 3.73. The van der Waals surface area contributed by atoms with E-state index in [-0.39, 0.29) is 17.4 Å². The number of anilines is 1. The monoisotopic (exact) mass is 321 g/mol. The fraction of sp³-hybridized carbons (Fsp3) is 0.467. The summed E-state index contributed by atoms with van der Waals surface area (Å²) in [5.74, 6) is -0.414. The average molecular weight is 321 g/mol. The van der Waals surface area contributed by atoms with Crippen molar-refractivity contribution in [1.29, 1.82) is 5.26 Å². The lowest BCUT2D eigenvalue weighted by molar-refractivity contribution is -0.115. The molecule has 1 unspecified atom stereocenters. The lowest BCUT2D eigenvalue weighted by atomic mass is 10.1. The first-order valence-corrected chi connectivity index (χ1v) is 8.68. The number of nitriles is 1. The second-order valence-electron chi connectivity index (χ2n) is 5.37. The average Bonchev–Trinajstić information content (AvgIpc) is 2.48. The second-order valence-corrected chi connectivity index (χ2v) is 7.26. The molecule has 1 N–H and O–H groups in total. The van der Waals surface area contributed by atoms with Crippen molar-refractivity contribution in [3.05, 3.63) is 24.3 Å². The van der Waals surface area contributed by atoms with Crippen LogP contribution >= 0.6 is 0 Å². The zero-order valence-electron chi connectivity index (χ0n) is 12.4. The molecule has 7 heteroatoms. The molecule has 0 bridgehead atoms. The molecule has 1 aliphatic rings.